The second kappa shape index (κ2) is 19.5. The van der Waals surface area contributed by atoms with Gasteiger partial charge >= 0.3 is 67.8 Å². The fraction of sp³-hybridized carbons (Fsp3) is 0.833. The predicted octanol–water partition coefficient (Wildman–Crippen LogP) is 4.72. The number of hydrogen-bond acceptors (Lipinski definition) is 4. The number of rotatable bonds is 16. The summed E-state index contributed by atoms with van der Waals surface area (Å²) in [5.41, 5.74) is 0. The first-order chi connectivity index (χ1) is 11.5. The molecule has 0 aromatic carbocycles. The monoisotopic (exact) mass is 402 g/mol. The van der Waals surface area contributed by atoms with Crippen molar-refractivity contribution in [1.29, 1.82) is 0 Å². The van der Waals surface area contributed by atoms with Crippen LogP contribution in [-0.2, 0) is 19.4 Å². The molecule has 5 nitrogen and oxygen atoms in total. The molecule has 0 aromatic heterocycles. The summed E-state index contributed by atoms with van der Waals surface area (Å²) < 4.78 is 32.8. The van der Waals surface area contributed by atoms with Gasteiger partial charge in [0, 0.05) is 6.42 Å². The molecule has 0 aliphatic heterocycles. The first kappa shape index (κ1) is 28.0. The molecule has 0 aliphatic carbocycles. The third kappa shape index (κ3) is 24.8. The SMILES string of the molecule is CCCCCCCC/C=C\CCCCCCCC(=O)OS(=O)(=O)O.[KH]. The molecule has 0 saturated heterocycles. The van der Waals surface area contributed by atoms with E-state index in [0.29, 0.717) is 6.42 Å². The fourth-order valence-electron chi connectivity index (χ4n) is 2.50. The van der Waals surface area contributed by atoms with Crippen molar-refractivity contribution in [3.8, 4) is 0 Å². The van der Waals surface area contributed by atoms with Crippen molar-refractivity contribution in [3.05, 3.63) is 12.2 Å². The van der Waals surface area contributed by atoms with Crippen LogP contribution in [0, 0.1) is 0 Å². The zero-order valence-electron chi connectivity index (χ0n) is 15.0. The molecule has 144 valence electrons. The van der Waals surface area contributed by atoms with Gasteiger partial charge in [0.1, 0.15) is 0 Å². The van der Waals surface area contributed by atoms with Gasteiger partial charge in [0.15, 0.2) is 0 Å². The molecule has 0 aliphatic rings. The summed E-state index contributed by atoms with van der Waals surface area (Å²) in [7, 11) is -4.65. The van der Waals surface area contributed by atoms with Crippen LogP contribution in [0.15, 0.2) is 12.2 Å². The third-order valence-corrected chi connectivity index (χ3v) is 4.24. The normalized spacial score (nSPS) is 11.4. The van der Waals surface area contributed by atoms with Gasteiger partial charge in [-0.05, 0) is 32.1 Å². The summed E-state index contributed by atoms with van der Waals surface area (Å²) in [5.74, 6) is -0.893. The van der Waals surface area contributed by atoms with Gasteiger partial charge in [-0.2, -0.15) is 8.42 Å². The average Bonchev–Trinajstić information content (AvgIpc) is 2.49. The van der Waals surface area contributed by atoms with E-state index in [1.54, 1.807) is 0 Å². The van der Waals surface area contributed by atoms with E-state index in [0.717, 1.165) is 32.1 Å². The zero-order valence-corrected chi connectivity index (χ0v) is 15.9. The molecule has 0 fully saturated rings. The Morgan fingerprint density at radius 2 is 1.28 bits per heavy atom. The Bertz CT molecular complexity index is 435. The van der Waals surface area contributed by atoms with Crippen LogP contribution in [0.3, 0.4) is 0 Å². The molecule has 0 atom stereocenters. The number of carbonyl (C=O) groups excluding carboxylic acids is 1. The molecule has 1 N–H and O–H groups in total. The van der Waals surface area contributed by atoms with E-state index in [4.69, 9.17) is 4.55 Å². The van der Waals surface area contributed by atoms with Crippen LogP contribution in [0.25, 0.3) is 0 Å². The van der Waals surface area contributed by atoms with Crippen molar-refractivity contribution in [3.63, 3.8) is 0 Å². The number of carbonyl (C=O) groups is 1. The average molecular weight is 403 g/mol. The second-order valence-electron chi connectivity index (χ2n) is 6.22. The third-order valence-electron chi connectivity index (χ3n) is 3.84. The van der Waals surface area contributed by atoms with Crippen LogP contribution in [0.4, 0.5) is 0 Å². The summed E-state index contributed by atoms with van der Waals surface area (Å²) in [6.45, 7) is 2.24. The Hall–Kier alpha value is 0.756. The van der Waals surface area contributed by atoms with Crippen LogP contribution in [-0.4, -0.2) is 70.3 Å². The molecular weight excluding hydrogens is 367 g/mol. The van der Waals surface area contributed by atoms with Crippen molar-refractivity contribution in [2.24, 2.45) is 0 Å². The van der Waals surface area contributed by atoms with Gasteiger partial charge in [-0.25, -0.2) is 0 Å². The molecule has 0 amide bonds. The van der Waals surface area contributed by atoms with Crippen molar-refractivity contribution >= 4 is 67.8 Å². The fourth-order valence-corrected chi connectivity index (χ4v) is 2.82. The topological polar surface area (TPSA) is 80.7 Å². The van der Waals surface area contributed by atoms with Crippen LogP contribution >= 0.6 is 0 Å². The van der Waals surface area contributed by atoms with Gasteiger partial charge in [0.25, 0.3) is 0 Å². The van der Waals surface area contributed by atoms with Crippen LogP contribution < -0.4 is 0 Å². The van der Waals surface area contributed by atoms with Gasteiger partial charge < -0.3 is 4.18 Å². The van der Waals surface area contributed by atoms with Crippen LogP contribution in [0.1, 0.15) is 96.8 Å². The minimum absolute atomic E-state index is 0. The Kier molecular flexibility index (Phi) is 21.8. The van der Waals surface area contributed by atoms with Crippen molar-refractivity contribution in [2.75, 3.05) is 0 Å². The van der Waals surface area contributed by atoms with Crippen molar-refractivity contribution in [1.82, 2.24) is 0 Å². The van der Waals surface area contributed by atoms with E-state index in [1.807, 2.05) is 0 Å². The standard InChI is InChI=1S/C18H34O5S.K.H/c1-2-3-4-5-6-7-8-9-10-11-12-13-14-15-16-17-18(19)23-24(20,21)22;;/h9-10H,2-8,11-17H2,1H3,(H,20,21,22);;/b10-9-;;. The Morgan fingerprint density at radius 1 is 0.840 bits per heavy atom. The second-order valence-corrected chi connectivity index (χ2v) is 7.24. The van der Waals surface area contributed by atoms with Crippen LogP contribution in [0.5, 0.6) is 0 Å². The molecule has 0 unspecified atom stereocenters. The molecule has 0 radical (unpaired) electrons. The zero-order chi connectivity index (χ0) is 18.1. The molecule has 0 saturated carbocycles. The summed E-state index contributed by atoms with van der Waals surface area (Å²) >= 11 is 0. The molecule has 0 bridgehead atoms. The molecule has 25 heavy (non-hydrogen) atoms. The Balaban J connectivity index is 0. The number of unbranched alkanes of at least 4 members (excludes halogenated alkanes) is 11. The Morgan fingerprint density at radius 3 is 1.76 bits per heavy atom. The molecule has 0 spiro atoms. The van der Waals surface area contributed by atoms with Gasteiger partial charge in [-0.3, -0.25) is 9.35 Å². The Labute approximate surface area is 196 Å². The summed E-state index contributed by atoms with van der Waals surface area (Å²) in [4.78, 5) is 11.0. The van der Waals surface area contributed by atoms with E-state index < -0.39 is 16.4 Å². The van der Waals surface area contributed by atoms with Crippen molar-refractivity contribution in [2.45, 2.75) is 96.8 Å². The van der Waals surface area contributed by atoms with E-state index in [2.05, 4.69) is 23.3 Å². The maximum atomic E-state index is 11.0. The summed E-state index contributed by atoms with van der Waals surface area (Å²) in [6.07, 6.45) is 19.6. The van der Waals surface area contributed by atoms with E-state index in [1.165, 1.54) is 44.9 Å². The molecule has 7 heteroatoms. The van der Waals surface area contributed by atoms with E-state index >= 15 is 0 Å². The maximum absolute atomic E-state index is 11.0. The predicted molar refractivity (Wildman–Crippen MR) is 104 cm³/mol. The van der Waals surface area contributed by atoms with E-state index in [-0.39, 0.29) is 57.8 Å². The van der Waals surface area contributed by atoms with Gasteiger partial charge in [-0.1, -0.05) is 70.4 Å². The van der Waals surface area contributed by atoms with Gasteiger partial charge in [-0.15, -0.1) is 0 Å². The quantitative estimate of drug-likeness (QED) is 0.175. The van der Waals surface area contributed by atoms with Gasteiger partial charge in [0.05, 0.1) is 0 Å². The van der Waals surface area contributed by atoms with Crippen molar-refractivity contribution < 1.29 is 21.9 Å². The molecular formula is C18H35KO5S. The first-order valence-corrected chi connectivity index (χ1v) is 10.7. The number of allylic oxidation sites excluding steroid dienone is 2. The molecule has 0 rings (SSSR count). The first-order valence-electron chi connectivity index (χ1n) is 9.30. The number of hydrogen-bond donors (Lipinski definition) is 1. The summed E-state index contributed by atoms with van der Waals surface area (Å²) in [6, 6.07) is 0. The van der Waals surface area contributed by atoms with Gasteiger partial charge in [0.2, 0.25) is 0 Å². The molecule has 0 heterocycles. The van der Waals surface area contributed by atoms with Crippen LogP contribution in [0.2, 0.25) is 0 Å². The minimum atomic E-state index is -4.65. The van der Waals surface area contributed by atoms with E-state index in [9.17, 15) is 13.2 Å². The summed E-state index contributed by atoms with van der Waals surface area (Å²) in [5, 5.41) is 0. The molecule has 0 aromatic rings.